The lowest BCUT2D eigenvalue weighted by Gasteiger charge is -2.35. The van der Waals surface area contributed by atoms with Gasteiger partial charge < -0.3 is 26.0 Å². The molecule has 1 saturated heterocycles. The Hall–Kier alpha value is -4.29. The lowest BCUT2D eigenvalue weighted by atomic mass is 9.98. The normalized spacial score (nSPS) is 16.7. The molecule has 3 amide bonds. The Bertz CT molecular complexity index is 1450. The van der Waals surface area contributed by atoms with Crippen LogP contribution in [-0.2, 0) is 14.3 Å². The predicted molar refractivity (Wildman–Crippen MR) is 162 cm³/mol. The van der Waals surface area contributed by atoms with E-state index in [0.717, 1.165) is 24.6 Å². The molecule has 1 saturated carbocycles. The van der Waals surface area contributed by atoms with Gasteiger partial charge in [0.2, 0.25) is 11.8 Å². The number of primary amides is 1. The molecule has 0 radical (unpaired) electrons. The number of nitrogens with zero attached hydrogens (tertiary/aromatic N) is 4. The van der Waals surface area contributed by atoms with Gasteiger partial charge in [-0.25, -0.2) is 9.78 Å². The van der Waals surface area contributed by atoms with Crippen LogP contribution >= 0.6 is 11.8 Å². The molecule has 11 nitrogen and oxygen atoms in total. The van der Waals surface area contributed by atoms with Gasteiger partial charge in [0.15, 0.2) is 0 Å². The molecule has 1 aliphatic heterocycles. The molecular formula is C31H37N7O4S. The molecule has 2 fully saturated rings. The molecule has 43 heavy (non-hydrogen) atoms. The minimum atomic E-state index is -0.776. The number of amides is 3. The second kappa shape index (κ2) is 13.3. The third-order valence-electron chi connectivity index (χ3n) is 7.25. The van der Waals surface area contributed by atoms with Crippen LogP contribution in [0.25, 0.3) is 0 Å². The number of thioether (sulfide) groups is 1. The van der Waals surface area contributed by atoms with Crippen molar-refractivity contribution in [2.45, 2.75) is 87.3 Å². The molecule has 0 bridgehead atoms. The van der Waals surface area contributed by atoms with Gasteiger partial charge in [-0.2, -0.15) is 10.5 Å². The third-order valence-corrected chi connectivity index (χ3v) is 8.51. The van der Waals surface area contributed by atoms with Gasteiger partial charge >= 0.3 is 6.09 Å². The van der Waals surface area contributed by atoms with Crippen molar-refractivity contribution in [2.75, 3.05) is 18.0 Å². The molecule has 1 aromatic carbocycles. The molecule has 2 atom stereocenters. The molecule has 0 spiro atoms. The first-order valence-corrected chi connectivity index (χ1v) is 15.2. The summed E-state index contributed by atoms with van der Waals surface area (Å²) in [7, 11) is 0. The number of nitriles is 2. The number of piperidine rings is 1. The van der Waals surface area contributed by atoms with Crippen molar-refractivity contribution >= 4 is 35.5 Å². The first-order valence-electron chi connectivity index (χ1n) is 14.4. The number of ether oxygens (including phenoxy) is 1. The largest absolute Gasteiger partial charge is 0.444 e. The van der Waals surface area contributed by atoms with Crippen LogP contribution in [0.2, 0.25) is 0 Å². The van der Waals surface area contributed by atoms with E-state index in [2.05, 4.69) is 22.8 Å². The fourth-order valence-electron chi connectivity index (χ4n) is 5.02. The molecule has 1 aliphatic carbocycles. The number of alkyl carbamates (subject to hydrolysis) is 1. The van der Waals surface area contributed by atoms with Gasteiger partial charge in [-0.1, -0.05) is 42.1 Å². The van der Waals surface area contributed by atoms with Crippen LogP contribution in [0.5, 0.6) is 0 Å². The van der Waals surface area contributed by atoms with Crippen LogP contribution in [0.4, 0.5) is 10.6 Å². The number of hydrogen-bond donors (Lipinski definition) is 3. The van der Waals surface area contributed by atoms with E-state index in [4.69, 9.17) is 15.5 Å². The molecule has 4 rings (SSSR count). The second-order valence-corrected chi connectivity index (χ2v) is 12.9. The summed E-state index contributed by atoms with van der Waals surface area (Å²) < 4.78 is 5.23. The maximum Gasteiger partial charge on any atom is 0.408 e. The number of aromatic nitrogens is 1. The first-order chi connectivity index (χ1) is 20.4. The molecule has 1 unspecified atom stereocenters. The minimum absolute atomic E-state index is 0.0879. The molecule has 226 valence electrons. The van der Waals surface area contributed by atoms with Gasteiger partial charge in [0.25, 0.3) is 0 Å². The van der Waals surface area contributed by atoms with Gasteiger partial charge in [0.05, 0.1) is 11.1 Å². The lowest BCUT2D eigenvalue weighted by molar-refractivity contribution is -0.123. The Morgan fingerprint density at radius 2 is 1.70 bits per heavy atom. The Morgan fingerprint density at radius 1 is 1.07 bits per heavy atom. The summed E-state index contributed by atoms with van der Waals surface area (Å²) >= 11 is 1.13. The first kappa shape index (κ1) is 31.6. The van der Waals surface area contributed by atoms with Crippen molar-refractivity contribution in [3.05, 3.63) is 52.6 Å². The van der Waals surface area contributed by atoms with Crippen molar-refractivity contribution in [1.29, 1.82) is 10.5 Å². The lowest BCUT2D eigenvalue weighted by Crippen LogP contribution is -2.51. The van der Waals surface area contributed by atoms with Gasteiger partial charge in [0.1, 0.15) is 39.9 Å². The Balaban J connectivity index is 1.53. The van der Waals surface area contributed by atoms with Crippen LogP contribution in [0.1, 0.15) is 86.8 Å². The van der Waals surface area contributed by atoms with Gasteiger partial charge in [-0.05, 0) is 70.4 Å². The summed E-state index contributed by atoms with van der Waals surface area (Å²) in [4.78, 5) is 44.1. The van der Waals surface area contributed by atoms with E-state index in [-0.39, 0.29) is 17.9 Å². The fraction of sp³-hybridized carbons (Fsp3) is 0.484. The van der Waals surface area contributed by atoms with Crippen molar-refractivity contribution in [3.8, 4) is 12.1 Å². The second-order valence-electron chi connectivity index (χ2n) is 11.9. The van der Waals surface area contributed by atoms with E-state index in [1.807, 2.05) is 35.2 Å². The number of carbonyl (C=O) groups is 3. The van der Waals surface area contributed by atoms with E-state index in [1.54, 1.807) is 27.7 Å². The highest BCUT2D eigenvalue weighted by atomic mass is 32.2. The Labute approximate surface area is 256 Å². The van der Waals surface area contributed by atoms with Crippen molar-refractivity contribution in [2.24, 2.45) is 5.73 Å². The number of benzene rings is 1. The topological polar surface area (TPSA) is 174 Å². The number of anilines is 1. The van der Waals surface area contributed by atoms with Crippen molar-refractivity contribution in [1.82, 2.24) is 15.6 Å². The van der Waals surface area contributed by atoms with E-state index in [9.17, 15) is 24.9 Å². The Morgan fingerprint density at radius 3 is 2.23 bits per heavy atom. The molecular weight excluding hydrogens is 566 g/mol. The number of carbonyl (C=O) groups excluding carboxylic acids is 3. The van der Waals surface area contributed by atoms with Gasteiger partial charge in [-0.15, -0.1) is 0 Å². The molecule has 2 aliphatic rings. The van der Waals surface area contributed by atoms with E-state index in [1.165, 1.54) is 0 Å². The zero-order valence-corrected chi connectivity index (χ0v) is 25.7. The summed E-state index contributed by atoms with van der Waals surface area (Å²) in [5.41, 5.74) is 7.22. The summed E-state index contributed by atoms with van der Waals surface area (Å²) in [6.45, 7) is 7.87. The number of nitrogens with one attached hydrogen (secondary N) is 2. The van der Waals surface area contributed by atoms with Crippen LogP contribution in [0, 0.1) is 22.7 Å². The van der Waals surface area contributed by atoms with Crippen LogP contribution in [-0.4, -0.2) is 53.7 Å². The van der Waals surface area contributed by atoms with Crippen molar-refractivity contribution < 1.29 is 19.1 Å². The highest BCUT2D eigenvalue weighted by Crippen LogP contribution is 2.48. The quantitative estimate of drug-likeness (QED) is 0.358. The Kier molecular flexibility index (Phi) is 9.82. The summed E-state index contributed by atoms with van der Waals surface area (Å²) in [6.07, 6.45) is 2.27. The van der Waals surface area contributed by atoms with Crippen LogP contribution in [0.3, 0.4) is 0 Å². The third kappa shape index (κ3) is 7.96. The molecule has 2 heterocycles. The fourth-order valence-corrected chi connectivity index (χ4v) is 6.07. The summed E-state index contributed by atoms with van der Waals surface area (Å²) in [5.74, 6) is -0.295. The highest BCUT2D eigenvalue weighted by Gasteiger charge is 2.36. The highest BCUT2D eigenvalue weighted by molar-refractivity contribution is 8.00. The van der Waals surface area contributed by atoms with E-state index < -0.39 is 28.9 Å². The van der Waals surface area contributed by atoms with Crippen molar-refractivity contribution in [3.63, 3.8) is 0 Å². The minimum Gasteiger partial charge on any atom is -0.444 e. The standard InChI is InChI=1S/C31H37N7O4S/c1-18(35-30(41)42-31(2,3)4)28(40)36-21-12-14-38(15-13-21)27-22(16-32)24(19-10-11-19)23(17-33)29(37-27)43-25(26(34)39)20-8-6-5-7-9-20/h5-9,18-19,21,25H,10-15H2,1-4H3,(H2,34,39)(H,35,41)(H,36,40)/t18-,25?/m1/s1. The van der Waals surface area contributed by atoms with Gasteiger partial charge in [-0.3, -0.25) is 9.59 Å². The maximum absolute atomic E-state index is 12.8. The zero-order valence-electron chi connectivity index (χ0n) is 24.8. The number of rotatable bonds is 9. The summed E-state index contributed by atoms with van der Waals surface area (Å²) in [6, 6.07) is 12.8. The summed E-state index contributed by atoms with van der Waals surface area (Å²) in [5, 5.41) is 25.6. The van der Waals surface area contributed by atoms with E-state index in [0.29, 0.717) is 59.0 Å². The number of pyridine rings is 1. The molecule has 4 N–H and O–H groups in total. The zero-order chi connectivity index (χ0) is 31.3. The van der Waals surface area contributed by atoms with Crippen LogP contribution < -0.4 is 21.3 Å². The predicted octanol–water partition coefficient (Wildman–Crippen LogP) is 4.02. The van der Waals surface area contributed by atoms with Crippen LogP contribution in [0.15, 0.2) is 35.4 Å². The number of nitrogens with two attached hydrogens (primary N) is 1. The van der Waals surface area contributed by atoms with Gasteiger partial charge in [0, 0.05) is 19.1 Å². The van der Waals surface area contributed by atoms with E-state index >= 15 is 0 Å². The maximum atomic E-state index is 12.8. The average Bonchev–Trinajstić information content (AvgIpc) is 3.80. The average molecular weight is 604 g/mol. The molecule has 2 aromatic rings. The SMILES string of the molecule is C[C@@H](NC(=O)OC(C)(C)C)C(=O)NC1CCN(c2nc(SC(C(N)=O)c3ccccc3)c(C#N)c(C3CC3)c2C#N)CC1. The number of hydrogen-bond acceptors (Lipinski definition) is 9. The smallest absolute Gasteiger partial charge is 0.408 e. The molecule has 12 heteroatoms. The monoisotopic (exact) mass is 603 g/mol. The molecule has 1 aromatic heterocycles.